The molecule has 0 aliphatic heterocycles. The summed E-state index contributed by atoms with van der Waals surface area (Å²) < 4.78 is 0. The number of carbonyl (C=O) groups is 3. The van der Waals surface area contributed by atoms with E-state index in [2.05, 4.69) is 0 Å². The summed E-state index contributed by atoms with van der Waals surface area (Å²) in [5, 5.41) is 8.82. The first-order valence-corrected chi connectivity index (χ1v) is 4.99. The number of carboxylic acid groups (broad SMARTS) is 1. The van der Waals surface area contributed by atoms with E-state index in [0.717, 1.165) is 0 Å². The molecule has 1 aromatic rings. The molecular formula is C12H10O4. The Balaban J connectivity index is 2.52. The highest BCUT2D eigenvalue weighted by Crippen LogP contribution is 2.20. The smallest absolute Gasteiger partial charge is 0.335 e. The third-order valence-corrected chi connectivity index (χ3v) is 2.68. The van der Waals surface area contributed by atoms with Crippen LogP contribution in [-0.2, 0) is 11.2 Å². The van der Waals surface area contributed by atoms with Crippen LogP contribution < -0.4 is 0 Å². The molecule has 1 aliphatic rings. The molecule has 0 bridgehead atoms. The van der Waals surface area contributed by atoms with Crippen LogP contribution in [0.3, 0.4) is 0 Å². The fourth-order valence-corrected chi connectivity index (χ4v) is 1.81. The highest BCUT2D eigenvalue weighted by molar-refractivity contribution is 6.04. The Bertz CT molecular complexity index is 488. The molecule has 4 heteroatoms. The SMILES string of the molecule is O=C1CCC(=O)c2cc(C(=O)O)ccc2C1. The van der Waals surface area contributed by atoms with Crippen molar-refractivity contribution in [2.24, 2.45) is 0 Å². The van der Waals surface area contributed by atoms with Crippen LogP contribution in [0.25, 0.3) is 0 Å². The van der Waals surface area contributed by atoms with Gasteiger partial charge in [0, 0.05) is 24.8 Å². The van der Waals surface area contributed by atoms with Crippen molar-refractivity contribution in [3.05, 3.63) is 34.9 Å². The maximum atomic E-state index is 11.7. The Morgan fingerprint density at radius 2 is 1.94 bits per heavy atom. The summed E-state index contributed by atoms with van der Waals surface area (Å²) in [6.07, 6.45) is 0.645. The second kappa shape index (κ2) is 3.89. The zero-order chi connectivity index (χ0) is 11.7. The number of carbonyl (C=O) groups excluding carboxylic acids is 2. The summed E-state index contributed by atoms with van der Waals surface area (Å²) in [6, 6.07) is 4.34. The van der Waals surface area contributed by atoms with Crippen LogP contribution in [0.15, 0.2) is 18.2 Å². The van der Waals surface area contributed by atoms with Crippen LogP contribution >= 0.6 is 0 Å². The van der Waals surface area contributed by atoms with Gasteiger partial charge in [-0.2, -0.15) is 0 Å². The molecule has 0 heterocycles. The highest BCUT2D eigenvalue weighted by Gasteiger charge is 2.21. The van der Waals surface area contributed by atoms with Crippen LogP contribution in [0, 0.1) is 0 Å². The van der Waals surface area contributed by atoms with Crippen LogP contribution in [0.5, 0.6) is 0 Å². The number of hydrogen-bond acceptors (Lipinski definition) is 3. The minimum Gasteiger partial charge on any atom is -0.478 e. The summed E-state index contributed by atoms with van der Waals surface area (Å²) in [5.41, 5.74) is 1.10. The van der Waals surface area contributed by atoms with Crippen molar-refractivity contribution in [2.45, 2.75) is 19.3 Å². The summed E-state index contributed by atoms with van der Waals surface area (Å²) >= 11 is 0. The number of aromatic carboxylic acids is 1. The van der Waals surface area contributed by atoms with Gasteiger partial charge in [0.2, 0.25) is 0 Å². The zero-order valence-corrected chi connectivity index (χ0v) is 8.53. The molecule has 0 unspecified atom stereocenters. The molecule has 0 aromatic heterocycles. The molecule has 82 valence electrons. The monoisotopic (exact) mass is 218 g/mol. The molecule has 0 fully saturated rings. The zero-order valence-electron chi connectivity index (χ0n) is 8.53. The van der Waals surface area contributed by atoms with Crippen molar-refractivity contribution < 1.29 is 19.5 Å². The van der Waals surface area contributed by atoms with E-state index < -0.39 is 5.97 Å². The van der Waals surface area contributed by atoms with Crippen molar-refractivity contribution in [3.63, 3.8) is 0 Å². The molecule has 0 atom stereocenters. The third kappa shape index (κ3) is 1.86. The fraction of sp³-hybridized carbons (Fsp3) is 0.250. The van der Waals surface area contributed by atoms with E-state index in [1.807, 2.05) is 0 Å². The second-order valence-corrected chi connectivity index (χ2v) is 3.82. The van der Waals surface area contributed by atoms with E-state index >= 15 is 0 Å². The van der Waals surface area contributed by atoms with Crippen LogP contribution in [-0.4, -0.2) is 22.6 Å². The average molecular weight is 218 g/mol. The van der Waals surface area contributed by atoms with Crippen molar-refractivity contribution in [1.82, 2.24) is 0 Å². The Morgan fingerprint density at radius 1 is 1.19 bits per heavy atom. The summed E-state index contributed by atoms with van der Waals surface area (Å²) in [5.74, 6) is -1.19. The molecule has 1 N–H and O–H groups in total. The van der Waals surface area contributed by atoms with E-state index in [1.54, 1.807) is 6.07 Å². The van der Waals surface area contributed by atoms with Crippen LogP contribution in [0.1, 0.15) is 39.1 Å². The molecule has 0 saturated carbocycles. The lowest BCUT2D eigenvalue weighted by Crippen LogP contribution is -2.04. The van der Waals surface area contributed by atoms with Crippen LogP contribution in [0.2, 0.25) is 0 Å². The van der Waals surface area contributed by atoms with Crippen molar-refractivity contribution in [1.29, 1.82) is 0 Å². The van der Waals surface area contributed by atoms with E-state index in [1.165, 1.54) is 12.1 Å². The molecule has 0 radical (unpaired) electrons. The van der Waals surface area contributed by atoms with Gasteiger partial charge in [0.1, 0.15) is 5.78 Å². The molecule has 4 nitrogen and oxygen atoms in total. The Morgan fingerprint density at radius 3 is 2.62 bits per heavy atom. The molecule has 0 amide bonds. The number of fused-ring (bicyclic) bond motifs is 1. The molecule has 16 heavy (non-hydrogen) atoms. The van der Waals surface area contributed by atoms with Crippen molar-refractivity contribution in [3.8, 4) is 0 Å². The van der Waals surface area contributed by atoms with Gasteiger partial charge >= 0.3 is 5.97 Å². The number of Topliss-reactive ketones (excluding diaryl/α,β-unsaturated/α-hetero) is 2. The largest absolute Gasteiger partial charge is 0.478 e. The molecule has 2 rings (SSSR count). The topological polar surface area (TPSA) is 71.4 Å². The van der Waals surface area contributed by atoms with Gasteiger partial charge in [-0.1, -0.05) is 6.07 Å². The van der Waals surface area contributed by atoms with E-state index in [0.29, 0.717) is 11.1 Å². The first-order valence-electron chi connectivity index (χ1n) is 4.99. The summed E-state index contributed by atoms with van der Waals surface area (Å²) in [6.45, 7) is 0. The van der Waals surface area contributed by atoms with Crippen LogP contribution in [0.4, 0.5) is 0 Å². The molecule has 0 spiro atoms. The van der Waals surface area contributed by atoms with Gasteiger partial charge in [0.05, 0.1) is 5.56 Å². The maximum absolute atomic E-state index is 11.7. The number of carboxylic acids is 1. The third-order valence-electron chi connectivity index (χ3n) is 2.68. The quantitative estimate of drug-likeness (QED) is 0.724. The Labute approximate surface area is 91.9 Å². The number of benzene rings is 1. The average Bonchev–Trinajstić information content (AvgIpc) is 2.38. The van der Waals surface area contributed by atoms with Crippen molar-refractivity contribution >= 4 is 17.5 Å². The summed E-state index contributed by atoms with van der Waals surface area (Å²) in [7, 11) is 0. The number of rotatable bonds is 1. The predicted octanol–water partition coefficient (Wildman–Crippen LogP) is 1.47. The minimum atomic E-state index is -1.06. The Hall–Kier alpha value is -1.97. The molecule has 1 aromatic carbocycles. The van der Waals surface area contributed by atoms with Gasteiger partial charge in [0.15, 0.2) is 5.78 Å². The first-order chi connectivity index (χ1) is 7.58. The van der Waals surface area contributed by atoms with Gasteiger partial charge in [-0.3, -0.25) is 9.59 Å². The van der Waals surface area contributed by atoms with Gasteiger partial charge in [0.25, 0.3) is 0 Å². The lowest BCUT2D eigenvalue weighted by atomic mass is 9.99. The van der Waals surface area contributed by atoms with Gasteiger partial charge in [-0.25, -0.2) is 4.79 Å². The molecule has 0 saturated heterocycles. The maximum Gasteiger partial charge on any atom is 0.335 e. The number of ketones is 2. The second-order valence-electron chi connectivity index (χ2n) is 3.82. The molecular weight excluding hydrogens is 208 g/mol. The normalized spacial score (nSPS) is 15.5. The Kier molecular flexibility index (Phi) is 2.56. The highest BCUT2D eigenvalue weighted by atomic mass is 16.4. The van der Waals surface area contributed by atoms with E-state index in [4.69, 9.17) is 5.11 Å². The minimum absolute atomic E-state index is 0.0233. The van der Waals surface area contributed by atoms with Gasteiger partial charge in [-0.15, -0.1) is 0 Å². The van der Waals surface area contributed by atoms with Gasteiger partial charge < -0.3 is 5.11 Å². The fourth-order valence-electron chi connectivity index (χ4n) is 1.81. The lowest BCUT2D eigenvalue weighted by Gasteiger charge is -2.04. The lowest BCUT2D eigenvalue weighted by molar-refractivity contribution is -0.118. The first kappa shape index (κ1) is 10.5. The van der Waals surface area contributed by atoms with E-state index in [9.17, 15) is 14.4 Å². The predicted molar refractivity (Wildman–Crippen MR) is 55.7 cm³/mol. The van der Waals surface area contributed by atoms with Gasteiger partial charge in [-0.05, 0) is 17.7 Å². The standard InChI is InChI=1S/C12H10O4/c13-9-3-4-11(14)10-6-8(12(15)16)2-1-7(10)5-9/h1-2,6H,3-5H2,(H,15,16). The van der Waals surface area contributed by atoms with Crippen molar-refractivity contribution in [2.75, 3.05) is 0 Å². The number of hydrogen-bond donors (Lipinski definition) is 1. The van der Waals surface area contributed by atoms with E-state index in [-0.39, 0.29) is 36.4 Å². The summed E-state index contributed by atoms with van der Waals surface area (Å²) in [4.78, 5) is 33.8. The molecule has 1 aliphatic carbocycles.